The molecule has 3 aromatic rings. The van der Waals surface area contributed by atoms with Gasteiger partial charge in [-0.3, -0.25) is 0 Å². The normalized spacial score (nSPS) is 10.8. The van der Waals surface area contributed by atoms with Crippen LogP contribution in [0.15, 0.2) is 47.3 Å². The van der Waals surface area contributed by atoms with Crippen LogP contribution in [0, 0.1) is 11.6 Å². The van der Waals surface area contributed by atoms with Gasteiger partial charge < -0.3 is 0 Å². The fourth-order valence-corrected chi connectivity index (χ4v) is 2.87. The number of benzene rings is 2. The van der Waals surface area contributed by atoms with E-state index in [0.29, 0.717) is 10.7 Å². The van der Waals surface area contributed by atoms with Crippen LogP contribution in [0.5, 0.6) is 0 Å². The van der Waals surface area contributed by atoms with Crippen LogP contribution in [-0.4, -0.2) is 8.94 Å². The second-order valence-electron chi connectivity index (χ2n) is 4.16. The van der Waals surface area contributed by atoms with E-state index in [1.807, 2.05) is 0 Å². The van der Waals surface area contributed by atoms with Crippen LogP contribution in [0.2, 0.25) is 5.02 Å². The molecule has 0 saturated heterocycles. The maximum atomic E-state index is 13.7. The van der Waals surface area contributed by atoms with Gasteiger partial charge in [-0.25, -0.2) is 17.5 Å². The molecule has 0 amide bonds. The minimum absolute atomic E-state index is 0.00875. The molecule has 0 N–H and O–H groups in total. The van der Waals surface area contributed by atoms with Crippen molar-refractivity contribution in [1.82, 2.24) is 8.94 Å². The average Bonchev–Trinajstić information content (AvgIpc) is 2.81. The summed E-state index contributed by atoms with van der Waals surface area (Å²) in [5.41, 5.74) is -0.364. The summed E-state index contributed by atoms with van der Waals surface area (Å²) in [7, 11) is 0. The molecule has 3 nitrogen and oxygen atoms in total. The minimum Gasteiger partial charge on any atom is -0.244 e. The molecule has 1 heterocycles. The molecular weight excluding hydrogens is 318 g/mol. The number of rotatable bonds is 2. The first kappa shape index (κ1) is 13.9. The Bertz CT molecular complexity index is 838. The molecule has 0 aliphatic heterocycles. The van der Waals surface area contributed by atoms with E-state index in [0.717, 1.165) is 23.7 Å². The first-order valence-corrected chi connectivity index (χ1v) is 7.02. The Kier molecular flexibility index (Phi) is 3.57. The molecule has 21 heavy (non-hydrogen) atoms. The van der Waals surface area contributed by atoms with Gasteiger partial charge in [-0.15, -0.1) is 0 Å². The SMILES string of the molecule is O=c1nc(-c2c(F)cccc2F)sn1-c1ccc(Cl)cc1. The maximum absolute atomic E-state index is 13.7. The third-order valence-corrected chi connectivity index (χ3v) is 4.06. The third-order valence-electron chi connectivity index (χ3n) is 2.79. The summed E-state index contributed by atoms with van der Waals surface area (Å²) in [5.74, 6) is -1.51. The average molecular weight is 325 g/mol. The van der Waals surface area contributed by atoms with Crippen LogP contribution in [-0.2, 0) is 0 Å². The molecule has 0 fully saturated rings. The van der Waals surface area contributed by atoms with E-state index in [1.54, 1.807) is 24.3 Å². The van der Waals surface area contributed by atoms with Crippen molar-refractivity contribution in [1.29, 1.82) is 0 Å². The fraction of sp³-hybridized carbons (Fsp3) is 0. The van der Waals surface area contributed by atoms with Gasteiger partial charge in [0.25, 0.3) is 0 Å². The molecule has 0 radical (unpaired) electrons. The number of hydrogen-bond acceptors (Lipinski definition) is 3. The highest BCUT2D eigenvalue weighted by Crippen LogP contribution is 2.27. The van der Waals surface area contributed by atoms with Crippen molar-refractivity contribution in [2.45, 2.75) is 0 Å². The largest absolute Gasteiger partial charge is 0.363 e. The van der Waals surface area contributed by atoms with Crippen molar-refractivity contribution in [2.24, 2.45) is 0 Å². The van der Waals surface area contributed by atoms with E-state index < -0.39 is 17.3 Å². The van der Waals surface area contributed by atoms with Crippen LogP contribution in [0.25, 0.3) is 16.3 Å². The molecule has 0 aliphatic rings. The minimum atomic E-state index is -0.757. The lowest BCUT2D eigenvalue weighted by Gasteiger charge is -2.00. The first-order chi connectivity index (χ1) is 10.1. The van der Waals surface area contributed by atoms with Crippen molar-refractivity contribution in [3.05, 3.63) is 69.6 Å². The van der Waals surface area contributed by atoms with Crippen molar-refractivity contribution in [3.8, 4) is 16.3 Å². The zero-order valence-electron chi connectivity index (χ0n) is 10.4. The van der Waals surface area contributed by atoms with Crippen molar-refractivity contribution < 1.29 is 8.78 Å². The van der Waals surface area contributed by atoms with Gasteiger partial charge in [0.05, 0.1) is 11.3 Å². The van der Waals surface area contributed by atoms with Gasteiger partial charge in [-0.05, 0) is 47.9 Å². The molecule has 106 valence electrons. The zero-order chi connectivity index (χ0) is 15.0. The lowest BCUT2D eigenvalue weighted by Crippen LogP contribution is -2.12. The summed E-state index contributed by atoms with van der Waals surface area (Å²) in [6.45, 7) is 0. The molecule has 1 aromatic heterocycles. The van der Waals surface area contributed by atoms with Gasteiger partial charge in [0.15, 0.2) is 5.01 Å². The quantitative estimate of drug-likeness (QED) is 0.716. The van der Waals surface area contributed by atoms with Gasteiger partial charge in [0.2, 0.25) is 0 Å². The maximum Gasteiger partial charge on any atom is 0.363 e. The highest BCUT2D eigenvalue weighted by molar-refractivity contribution is 7.10. The summed E-state index contributed by atoms with van der Waals surface area (Å²) < 4.78 is 28.7. The molecule has 0 bridgehead atoms. The molecule has 0 unspecified atom stereocenters. The molecule has 2 aromatic carbocycles. The molecular formula is C14H7ClF2N2OS. The zero-order valence-corrected chi connectivity index (χ0v) is 12.0. The number of hydrogen-bond donors (Lipinski definition) is 0. The molecule has 0 spiro atoms. The monoisotopic (exact) mass is 324 g/mol. The second kappa shape index (κ2) is 5.38. The van der Waals surface area contributed by atoms with E-state index in [4.69, 9.17) is 11.6 Å². The number of halogens is 3. The molecule has 0 atom stereocenters. The van der Waals surface area contributed by atoms with E-state index >= 15 is 0 Å². The van der Waals surface area contributed by atoms with E-state index in [-0.39, 0.29) is 10.6 Å². The topological polar surface area (TPSA) is 34.9 Å². The summed E-state index contributed by atoms with van der Waals surface area (Å²) in [4.78, 5) is 15.6. The molecule has 3 rings (SSSR count). The van der Waals surface area contributed by atoms with Gasteiger partial charge in [0.1, 0.15) is 11.6 Å². The Balaban J connectivity index is 2.14. The van der Waals surface area contributed by atoms with Crippen LogP contribution in [0.1, 0.15) is 0 Å². The first-order valence-electron chi connectivity index (χ1n) is 5.87. The van der Waals surface area contributed by atoms with Gasteiger partial charge in [0, 0.05) is 5.02 Å². The van der Waals surface area contributed by atoms with Gasteiger partial charge in [-0.2, -0.15) is 4.98 Å². The van der Waals surface area contributed by atoms with Crippen molar-refractivity contribution >= 4 is 23.1 Å². The Morgan fingerprint density at radius 3 is 2.29 bits per heavy atom. The van der Waals surface area contributed by atoms with Crippen molar-refractivity contribution in [3.63, 3.8) is 0 Å². The van der Waals surface area contributed by atoms with Gasteiger partial charge in [-0.1, -0.05) is 17.7 Å². The molecule has 7 heteroatoms. The predicted molar refractivity (Wildman–Crippen MR) is 78.1 cm³/mol. The summed E-state index contributed by atoms with van der Waals surface area (Å²) >= 11 is 6.65. The summed E-state index contributed by atoms with van der Waals surface area (Å²) in [6.07, 6.45) is 0. The molecule has 0 saturated carbocycles. The van der Waals surface area contributed by atoms with E-state index in [9.17, 15) is 13.6 Å². The van der Waals surface area contributed by atoms with Crippen LogP contribution < -0.4 is 5.69 Å². The molecule has 0 aliphatic carbocycles. The Morgan fingerprint density at radius 1 is 1.05 bits per heavy atom. The standard InChI is InChI=1S/C14H7ClF2N2OS/c15-8-4-6-9(7-5-8)19-14(20)18-13(21-19)12-10(16)2-1-3-11(12)17/h1-7H. The van der Waals surface area contributed by atoms with Crippen LogP contribution in [0.4, 0.5) is 8.78 Å². The van der Waals surface area contributed by atoms with E-state index in [2.05, 4.69) is 4.98 Å². The number of nitrogens with zero attached hydrogens (tertiary/aromatic N) is 2. The summed E-state index contributed by atoms with van der Waals surface area (Å²) in [6, 6.07) is 9.99. The third kappa shape index (κ3) is 2.59. The highest BCUT2D eigenvalue weighted by atomic mass is 35.5. The fourth-order valence-electron chi connectivity index (χ4n) is 1.82. The van der Waals surface area contributed by atoms with Crippen LogP contribution >= 0.6 is 23.1 Å². The van der Waals surface area contributed by atoms with E-state index in [1.165, 1.54) is 10.0 Å². The Morgan fingerprint density at radius 2 is 1.67 bits per heavy atom. The smallest absolute Gasteiger partial charge is 0.244 e. The second-order valence-corrected chi connectivity index (χ2v) is 5.53. The number of aromatic nitrogens is 2. The van der Waals surface area contributed by atoms with Crippen molar-refractivity contribution in [2.75, 3.05) is 0 Å². The highest BCUT2D eigenvalue weighted by Gasteiger charge is 2.17. The predicted octanol–water partition coefficient (Wildman–Crippen LogP) is 3.89. The summed E-state index contributed by atoms with van der Waals surface area (Å²) in [5, 5.41) is 0.516. The lowest BCUT2D eigenvalue weighted by molar-refractivity contribution is 0.589. The Labute approximate surface area is 127 Å². The van der Waals surface area contributed by atoms with Crippen LogP contribution in [0.3, 0.4) is 0 Å². The Hall–Kier alpha value is -2.05. The van der Waals surface area contributed by atoms with Gasteiger partial charge >= 0.3 is 5.69 Å². The lowest BCUT2D eigenvalue weighted by atomic mass is 10.2.